The smallest absolute Gasteiger partial charge is 0.232 e. The molecule has 154 valence electrons. The lowest BCUT2D eigenvalue weighted by Gasteiger charge is -2.27. The number of imidazole rings is 1. The summed E-state index contributed by atoms with van der Waals surface area (Å²) in [4.78, 5) is 6.84. The number of anilines is 1. The van der Waals surface area contributed by atoms with Gasteiger partial charge in [-0.1, -0.05) is 53.2 Å². The van der Waals surface area contributed by atoms with Crippen LogP contribution in [0.5, 0.6) is 0 Å². The van der Waals surface area contributed by atoms with E-state index in [4.69, 9.17) is 27.9 Å². The Morgan fingerprint density at radius 2 is 1.83 bits per heavy atom. The Bertz CT molecular complexity index is 1170. The standard InChI is InChI=1S/C20H18Cl2N6OS/c21-14-10-17(22)18-23-15(12-27(18)11-14)13-30-20-25-24-19(26-6-8-29-9-7-26)28(20)16-4-2-1-3-5-16/h1-5,10-12H,6-9,13H2. The molecule has 0 bridgehead atoms. The van der Waals surface area contributed by atoms with E-state index in [1.165, 1.54) is 0 Å². The molecule has 5 rings (SSSR count). The van der Waals surface area contributed by atoms with Gasteiger partial charge in [0.05, 0.1) is 34.6 Å². The lowest BCUT2D eigenvalue weighted by Crippen LogP contribution is -2.37. The fraction of sp³-hybridized carbons (Fsp3) is 0.250. The number of hydrogen-bond acceptors (Lipinski definition) is 6. The summed E-state index contributed by atoms with van der Waals surface area (Å²) in [5.74, 6) is 1.46. The normalized spacial score (nSPS) is 14.5. The number of benzene rings is 1. The Balaban J connectivity index is 1.45. The molecular formula is C20H18Cl2N6OS. The number of fused-ring (bicyclic) bond motifs is 1. The van der Waals surface area contributed by atoms with E-state index in [1.54, 1.807) is 24.0 Å². The van der Waals surface area contributed by atoms with Crippen molar-refractivity contribution in [3.05, 3.63) is 64.5 Å². The van der Waals surface area contributed by atoms with Gasteiger partial charge >= 0.3 is 0 Å². The number of ether oxygens (including phenoxy) is 1. The van der Waals surface area contributed by atoms with Crippen molar-refractivity contribution in [3.8, 4) is 5.69 Å². The van der Waals surface area contributed by atoms with E-state index in [2.05, 4.69) is 36.8 Å². The summed E-state index contributed by atoms with van der Waals surface area (Å²) in [7, 11) is 0. The van der Waals surface area contributed by atoms with E-state index in [0.29, 0.717) is 34.7 Å². The van der Waals surface area contributed by atoms with Crippen LogP contribution < -0.4 is 4.90 Å². The van der Waals surface area contributed by atoms with Crippen molar-refractivity contribution in [3.63, 3.8) is 0 Å². The van der Waals surface area contributed by atoms with Crippen molar-refractivity contribution in [2.45, 2.75) is 10.9 Å². The maximum Gasteiger partial charge on any atom is 0.232 e. The van der Waals surface area contributed by atoms with Crippen LogP contribution in [0.1, 0.15) is 5.69 Å². The van der Waals surface area contributed by atoms with Gasteiger partial charge in [-0.3, -0.25) is 4.57 Å². The summed E-state index contributed by atoms with van der Waals surface area (Å²) in [5.41, 5.74) is 2.60. The molecule has 1 saturated heterocycles. The van der Waals surface area contributed by atoms with E-state index in [9.17, 15) is 0 Å². The average molecular weight is 461 g/mol. The molecule has 10 heteroatoms. The Kier molecular flexibility index (Phi) is 5.56. The number of hydrogen-bond donors (Lipinski definition) is 0. The molecule has 3 aromatic heterocycles. The molecule has 0 radical (unpaired) electrons. The quantitative estimate of drug-likeness (QED) is 0.412. The van der Waals surface area contributed by atoms with Crippen molar-refractivity contribution < 1.29 is 4.74 Å². The summed E-state index contributed by atoms with van der Waals surface area (Å²) in [6.07, 6.45) is 3.74. The molecule has 30 heavy (non-hydrogen) atoms. The highest BCUT2D eigenvalue weighted by atomic mass is 35.5. The first-order valence-electron chi connectivity index (χ1n) is 9.48. The molecule has 1 aliphatic heterocycles. The summed E-state index contributed by atoms with van der Waals surface area (Å²) in [6, 6.07) is 11.8. The summed E-state index contributed by atoms with van der Waals surface area (Å²) in [5, 5.41) is 10.9. The first-order chi connectivity index (χ1) is 14.7. The Morgan fingerprint density at radius 3 is 2.63 bits per heavy atom. The molecule has 1 aromatic carbocycles. The minimum atomic E-state index is 0.529. The largest absolute Gasteiger partial charge is 0.378 e. The number of rotatable bonds is 5. The fourth-order valence-corrected chi connectivity index (χ4v) is 4.77. The van der Waals surface area contributed by atoms with Gasteiger partial charge in [-0.05, 0) is 18.2 Å². The molecule has 4 aromatic rings. The highest BCUT2D eigenvalue weighted by Gasteiger charge is 2.22. The maximum absolute atomic E-state index is 6.27. The van der Waals surface area contributed by atoms with Crippen molar-refractivity contribution >= 4 is 46.6 Å². The molecule has 0 N–H and O–H groups in total. The summed E-state index contributed by atoms with van der Waals surface area (Å²) < 4.78 is 9.43. The SMILES string of the molecule is Clc1cc(Cl)c2nc(CSc3nnc(N4CCOCC4)n3-c3ccccc3)cn2c1. The van der Waals surface area contributed by atoms with Crippen molar-refractivity contribution in [1.82, 2.24) is 24.1 Å². The van der Waals surface area contributed by atoms with Crippen LogP contribution in [-0.2, 0) is 10.5 Å². The lowest BCUT2D eigenvalue weighted by atomic mass is 10.3. The van der Waals surface area contributed by atoms with Crippen LogP contribution in [0.25, 0.3) is 11.3 Å². The molecule has 0 amide bonds. The number of morpholine rings is 1. The first-order valence-corrected chi connectivity index (χ1v) is 11.2. The van der Waals surface area contributed by atoms with Gasteiger partial charge in [0.25, 0.3) is 0 Å². The van der Waals surface area contributed by atoms with Gasteiger partial charge in [0.15, 0.2) is 10.8 Å². The topological polar surface area (TPSA) is 60.5 Å². The highest BCUT2D eigenvalue weighted by Crippen LogP contribution is 2.30. The van der Waals surface area contributed by atoms with Crippen LogP contribution in [0.2, 0.25) is 10.0 Å². The van der Waals surface area contributed by atoms with Crippen LogP contribution in [0.4, 0.5) is 5.95 Å². The van der Waals surface area contributed by atoms with Crippen molar-refractivity contribution in [2.24, 2.45) is 0 Å². The zero-order valence-corrected chi connectivity index (χ0v) is 18.2. The number of nitrogens with zero attached hydrogens (tertiary/aromatic N) is 6. The van der Waals surface area contributed by atoms with Crippen LogP contribution in [0.15, 0.2) is 53.9 Å². The minimum Gasteiger partial charge on any atom is -0.378 e. The van der Waals surface area contributed by atoms with E-state index in [-0.39, 0.29) is 0 Å². The molecule has 0 aliphatic carbocycles. The van der Waals surface area contributed by atoms with E-state index < -0.39 is 0 Å². The number of thioether (sulfide) groups is 1. The van der Waals surface area contributed by atoms with Crippen LogP contribution >= 0.6 is 35.0 Å². The molecule has 7 nitrogen and oxygen atoms in total. The van der Waals surface area contributed by atoms with E-state index in [1.807, 2.05) is 28.8 Å². The van der Waals surface area contributed by atoms with Gasteiger partial charge < -0.3 is 14.0 Å². The zero-order valence-electron chi connectivity index (χ0n) is 15.9. The van der Waals surface area contributed by atoms with Gasteiger partial charge in [-0.25, -0.2) is 4.98 Å². The third kappa shape index (κ3) is 3.88. The van der Waals surface area contributed by atoms with Gasteiger partial charge in [-0.15, -0.1) is 10.2 Å². The van der Waals surface area contributed by atoms with Crippen LogP contribution in [0.3, 0.4) is 0 Å². The molecular weight excluding hydrogens is 443 g/mol. The second-order valence-corrected chi connectivity index (χ2v) is 8.60. The molecule has 0 atom stereocenters. The van der Waals surface area contributed by atoms with Gasteiger partial charge in [0, 0.05) is 31.2 Å². The summed E-state index contributed by atoms with van der Waals surface area (Å²) in [6.45, 7) is 2.96. The molecule has 0 saturated carbocycles. The van der Waals surface area contributed by atoms with Gasteiger partial charge in [0.2, 0.25) is 5.95 Å². The molecule has 1 aliphatic rings. The minimum absolute atomic E-state index is 0.529. The first kappa shape index (κ1) is 19.7. The Hall–Kier alpha value is -2.26. The highest BCUT2D eigenvalue weighted by molar-refractivity contribution is 7.98. The Morgan fingerprint density at radius 1 is 1.03 bits per heavy atom. The van der Waals surface area contributed by atoms with Gasteiger partial charge in [-0.2, -0.15) is 0 Å². The second-order valence-electron chi connectivity index (χ2n) is 6.81. The van der Waals surface area contributed by atoms with E-state index in [0.717, 1.165) is 35.6 Å². The molecule has 0 unspecified atom stereocenters. The Labute approximate surface area is 187 Å². The number of halogens is 2. The average Bonchev–Trinajstić information content (AvgIpc) is 3.37. The molecule has 1 fully saturated rings. The predicted octanol–water partition coefficient (Wildman–Crippen LogP) is 4.35. The number of para-hydroxylation sites is 1. The molecule has 0 spiro atoms. The fourth-order valence-electron chi connectivity index (χ4n) is 3.41. The lowest BCUT2D eigenvalue weighted by molar-refractivity contribution is 0.122. The third-order valence-corrected chi connectivity index (χ3v) is 6.24. The third-order valence-electron chi connectivity index (χ3n) is 4.80. The van der Waals surface area contributed by atoms with Crippen LogP contribution in [-0.4, -0.2) is 50.5 Å². The van der Waals surface area contributed by atoms with Crippen LogP contribution in [0, 0.1) is 0 Å². The monoisotopic (exact) mass is 460 g/mol. The number of pyridine rings is 1. The van der Waals surface area contributed by atoms with E-state index >= 15 is 0 Å². The summed E-state index contributed by atoms with van der Waals surface area (Å²) >= 11 is 14.0. The van der Waals surface area contributed by atoms with Crippen molar-refractivity contribution in [1.29, 1.82) is 0 Å². The van der Waals surface area contributed by atoms with Gasteiger partial charge in [0.1, 0.15) is 0 Å². The maximum atomic E-state index is 6.27. The van der Waals surface area contributed by atoms with Crippen molar-refractivity contribution in [2.75, 3.05) is 31.2 Å². The zero-order chi connectivity index (χ0) is 20.5. The number of aromatic nitrogens is 5. The predicted molar refractivity (Wildman–Crippen MR) is 119 cm³/mol. The second kappa shape index (κ2) is 8.47. The molecule has 4 heterocycles.